The molecule has 0 aliphatic carbocycles. The molecule has 0 amide bonds. The van der Waals surface area contributed by atoms with Crippen molar-refractivity contribution < 1.29 is 27.1 Å². The number of rotatable bonds is 4. The molecule has 2 aromatic rings. The monoisotopic (exact) mass is 396 g/mol. The fourth-order valence-electron chi connectivity index (χ4n) is 1.73. The quantitative estimate of drug-likeness (QED) is 0.451. The smallest absolute Gasteiger partial charge is 0.418 e. The average Bonchev–Trinajstić information content (AvgIpc) is 2.53. The molecule has 2 rings (SSSR count). The minimum atomic E-state index is -4.74. The third-order valence-corrected chi connectivity index (χ3v) is 4.38. The van der Waals surface area contributed by atoms with Gasteiger partial charge in [0.25, 0.3) is 5.56 Å². The normalized spacial score (nSPS) is 11.4. The van der Waals surface area contributed by atoms with E-state index in [0.717, 1.165) is 23.9 Å². The van der Waals surface area contributed by atoms with Gasteiger partial charge in [-0.1, -0.05) is 11.6 Å². The van der Waals surface area contributed by atoms with E-state index in [4.69, 9.17) is 11.6 Å². The lowest BCUT2D eigenvalue weighted by Crippen LogP contribution is -2.24. The van der Waals surface area contributed by atoms with Gasteiger partial charge in [0.15, 0.2) is 5.82 Å². The van der Waals surface area contributed by atoms with Gasteiger partial charge in [0.1, 0.15) is 5.69 Å². The average molecular weight is 397 g/mol. The fourth-order valence-corrected chi connectivity index (χ4v) is 2.83. The molecular formula is C14H9ClF4N2O3S. The van der Waals surface area contributed by atoms with Crippen molar-refractivity contribution in [3.8, 4) is 5.69 Å². The van der Waals surface area contributed by atoms with Gasteiger partial charge in [-0.15, -0.1) is 11.8 Å². The van der Waals surface area contributed by atoms with E-state index in [1.54, 1.807) is 0 Å². The van der Waals surface area contributed by atoms with Gasteiger partial charge in [-0.25, -0.2) is 4.39 Å². The molecule has 0 aliphatic heterocycles. The van der Waals surface area contributed by atoms with Crippen LogP contribution < -0.4 is 5.56 Å². The standard InChI is InChI=1S/C14H9ClF4N2O3S/c1-24-13(23)6-25-11-4-10(9(16)3-8(11)15)21-12(22)2-7(5-20-21)14(17,18)19/h2-5H,6H2,1H3. The number of hydrogen-bond acceptors (Lipinski definition) is 5. The Labute approximate surface area is 147 Å². The number of carbonyl (C=O) groups excluding carboxylic acids is 1. The second-order valence-electron chi connectivity index (χ2n) is 4.59. The maximum absolute atomic E-state index is 14.1. The molecule has 0 unspecified atom stereocenters. The van der Waals surface area contributed by atoms with E-state index in [1.165, 1.54) is 7.11 Å². The molecule has 1 heterocycles. The second kappa shape index (κ2) is 7.44. The van der Waals surface area contributed by atoms with Crippen LogP contribution in [0, 0.1) is 5.82 Å². The molecule has 0 radical (unpaired) electrons. The Kier molecular flexibility index (Phi) is 5.73. The second-order valence-corrected chi connectivity index (χ2v) is 6.02. The van der Waals surface area contributed by atoms with Gasteiger partial charge in [-0.2, -0.15) is 23.0 Å². The first-order chi connectivity index (χ1) is 11.6. The Bertz CT molecular complexity index is 870. The summed E-state index contributed by atoms with van der Waals surface area (Å²) in [5.74, 6) is -1.64. The van der Waals surface area contributed by atoms with Crippen LogP contribution in [0.25, 0.3) is 5.69 Å². The van der Waals surface area contributed by atoms with Gasteiger partial charge < -0.3 is 4.74 Å². The van der Waals surface area contributed by atoms with Gasteiger partial charge in [-0.3, -0.25) is 9.59 Å². The molecule has 0 fully saturated rings. The van der Waals surface area contributed by atoms with Gasteiger partial charge in [-0.05, 0) is 12.1 Å². The van der Waals surface area contributed by atoms with Crippen LogP contribution in [0.15, 0.2) is 34.1 Å². The molecule has 0 saturated carbocycles. The molecule has 134 valence electrons. The van der Waals surface area contributed by atoms with E-state index < -0.39 is 34.8 Å². The van der Waals surface area contributed by atoms with Gasteiger partial charge >= 0.3 is 12.1 Å². The SMILES string of the molecule is COC(=O)CSc1cc(-n2ncc(C(F)(F)F)cc2=O)c(F)cc1Cl. The number of methoxy groups -OCH3 is 1. The fraction of sp³-hybridized carbons (Fsp3) is 0.214. The first kappa shape index (κ1) is 19.3. The Morgan fingerprint density at radius 1 is 1.36 bits per heavy atom. The highest BCUT2D eigenvalue weighted by Gasteiger charge is 2.32. The topological polar surface area (TPSA) is 61.2 Å². The van der Waals surface area contributed by atoms with Crippen LogP contribution in [0.4, 0.5) is 17.6 Å². The number of benzene rings is 1. The zero-order chi connectivity index (χ0) is 18.8. The molecule has 5 nitrogen and oxygen atoms in total. The van der Waals surface area contributed by atoms with Crippen LogP contribution >= 0.6 is 23.4 Å². The Hall–Kier alpha value is -2.07. The summed E-state index contributed by atoms with van der Waals surface area (Å²) in [5, 5.41) is 3.33. The van der Waals surface area contributed by atoms with Crippen LogP contribution in [0.5, 0.6) is 0 Å². The predicted octanol–water partition coefficient (Wildman–Crippen LogP) is 3.31. The number of aromatic nitrogens is 2. The number of esters is 1. The molecule has 1 aromatic heterocycles. The van der Waals surface area contributed by atoms with Gasteiger partial charge in [0.05, 0.1) is 29.6 Å². The summed E-state index contributed by atoms with van der Waals surface area (Å²) in [7, 11) is 1.19. The Morgan fingerprint density at radius 3 is 2.60 bits per heavy atom. The predicted molar refractivity (Wildman–Crippen MR) is 82.5 cm³/mol. The van der Waals surface area contributed by atoms with Crippen LogP contribution in [0.1, 0.15) is 5.56 Å². The molecule has 0 saturated heterocycles. The largest absolute Gasteiger partial charge is 0.468 e. The van der Waals surface area contributed by atoms with E-state index in [9.17, 15) is 27.2 Å². The summed E-state index contributed by atoms with van der Waals surface area (Å²) in [5.41, 5.74) is -2.81. The Morgan fingerprint density at radius 2 is 2.04 bits per heavy atom. The first-order valence-corrected chi connectivity index (χ1v) is 7.85. The highest BCUT2D eigenvalue weighted by molar-refractivity contribution is 8.00. The summed E-state index contributed by atoms with van der Waals surface area (Å²) in [6, 6.07) is 2.30. The van der Waals surface area contributed by atoms with Gasteiger partial charge in [0, 0.05) is 11.0 Å². The van der Waals surface area contributed by atoms with Crippen molar-refractivity contribution in [2.24, 2.45) is 0 Å². The number of alkyl halides is 3. The number of thioether (sulfide) groups is 1. The molecule has 0 spiro atoms. The van der Waals surface area contributed by atoms with Crippen molar-refractivity contribution in [2.45, 2.75) is 11.1 Å². The third kappa shape index (κ3) is 4.51. The van der Waals surface area contributed by atoms with Crippen molar-refractivity contribution in [3.63, 3.8) is 0 Å². The molecule has 0 N–H and O–H groups in total. The van der Waals surface area contributed by atoms with Crippen LogP contribution in [-0.2, 0) is 15.7 Å². The number of nitrogens with zero attached hydrogens (tertiary/aromatic N) is 2. The first-order valence-electron chi connectivity index (χ1n) is 6.49. The van der Waals surface area contributed by atoms with E-state index in [2.05, 4.69) is 9.84 Å². The molecule has 0 aliphatic rings. The van der Waals surface area contributed by atoms with Crippen molar-refractivity contribution in [1.29, 1.82) is 0 Å². The number of halogens is 5. The maximum Gasteiger partial charge on any atom is 0.418 e. The molecular weight excluding hydrogens is 388 g/mol. The van der Waals surface area contributed by atoms with Crippen molar-refractivity contribution in [3.05, 3.63) is 51.2 Å². The minimum Gasteiger partial charge on any atom is -0.468 e. The van der Waals surface area contributed by atoms with Crippen molar-refractivity contribution in [1.82, 2.24) is 9.78 Å². The Balaban J connectivity index is 2.45. The van der Waals surface area contributed by atoms with Crippen LogP contribution in [0.3, 0.4) is 0 Å². The summed E-state index contributed by atoms with van der Waals surface area (Å²) in [6.45, 7) is 0. The lowest BCUT2D eigenvalue weighted by Gasteiger charge is -2.11. The van der Waals surface area contributed by atoms with E-state index in [1.807, 2.05) is 0 Å². The molecule has 0 bridgehead atoms. The van der Waals surface area contributed by atoms with Gasteiger partial charge in [0.2, 0.25) is 0 Å². The van der Waals surface area contributed by atoms with E-state index in [0.29, 0.717) is 16.9 Å². The lowest BCUT2D eigenvalue weighted by atomic mass is 10.3. The number of carbonyl (C=O) groups is 1. The summed E-state index contributed by atoms with van der Waals surface area (Å²) in [6.07, 6.45) is -4.33. The highest BCUT2D eigenvalue weighted by Crippen LogP contribution is 2.31. The van der Waals surface area contributed by atoms with Crippen molar-refractivity contribution in [2.75, 3.05) is 12.9 Å². The van der Waals surface area contributed by atoms with E-state index in [-0.39, 0.29) is 15.7 Å². The van der Waals surface area contributed by atoms with E-state index >= 15 is 0 Å². The minimum absolute atomic E-state index is 0.0323. The molecule has 11 heteroatoms. The van der Waals surface area contributed by atoms with Crippen molar-refractivity contribution >= 4 is 29.3 Å². The van der Waals surface area contributed by atoms with Crippen LogP contribution in [0.2, 0.25) is 5.02 Å². The maximum atomic E-state index is 14.1. The summed E-state index contributed by atoms with van der Waals surface area (Å²) >= 11 is 6.79. The molecule has 1 aromatic carbocycles. The number of ether oxygens (including phenoxy) is 1. The van der Waals surface area contributed by atoms with Crippen LogP contribution in [-0.4, -0.2) is 28.6 Å². The molecule has 0 atom stereocenters. The third-order valence-electron chi connectivity index (χ3n) is 2.93. The summed E-state index contributed by atoms with van der Waals surface area (Å²) in [4.78, 5) is 23.3. The lowest BCUT2D eigenvalue weighted by molar-refractivity contribution is -0.138. The number of hydrogen-bond donors (Lipinski definition) is 0. The zero-order valence-corrected chi connectivity index (χ0v) is 14.0. The molecule has 25 heavy (non-hydrogen) atoms. The summed E-state index contributed by atoms with van der Waals surface area (Å²) < 4.78 is 56.8. The zero-order valence-electron chi connectivity index (χ0n) is 12.4. The highest BCUT2D eigenvalue weighted by atomic mass is 35.5.